The van der Waals surface area contributed by atoms with Crippen LogP contribution in [0.25, 0.3) is 0 Å². The second-order valence-corrected chi connectivity index (χ2v) is 11.3. The van der Waals surface area contributed by atoms with Gasteiger partial charge in [0.2, 0.25) is 5.91 Å². The van der Waals surface area contributed by atoms with E-state index in [4.69, 9.17) is 5.73 Å². The summed E-state index contributed by atoms with van der Waals surface area (Å²) in [7, 11) is 0. The van der Waals surface area contributed by atoms with E-state index < -0.39 is 0 Å². The first kappa shape index (κ1) is 20.3. The maximum Gasteiger partial charge on any atom is 0.223 e. The number of ketones is 1. The molecule has 6 atom stereocenters. The number of nitrogens with two attached hydrogens (primary N) is 1. The van der Waals surface area contributed by atoms with Gasteiger partial charge in [0.05, 0.1) is 5.70 Å². The van der Waals surface area contributed by atoms with E-state index in [-0.39, 0.29) is 22.5 Å². The van der Waals surface area contributed by atoms with Gasteiger partial charge in [-0.25, -0.2) is 0 Å². The van der Waals surface area contributed by atoms with Crippen molar-refractivity contribution in [2.24, 2.45) is 40.2 Å². The van der Waals surface area contributed by atoms with Crippen molar-refractivity contribution in [3.05, 3.63) is 23.4 Å². The SMILES string of the molecule is C[C@]12CC[C@H]3[C@@H](C=CC4=C(N)C(=O)CC[C@@]43C)[C@@H]1CC[C@@H]2C(=O)NC1CCCCC1. The number of fused-ring (bicyclic) bond motifs is 5. The largest absolute Gasteiger partial charge is 0.396 e. The fraction of sp³-hybridized carbons (Fsp3) is 0.769. The topological polar surface area (TPSA) is 72.2 Å². The van der Waals surface area contributed by atoms with Crippen molar-refractivity contribution < 1.29 is 9.59 Å². The number of rotatable bonds is 2. The van der Waals surface area contributed by atoms with Gasteiger partial charge in [-0.15, -0.1) is 0 Å². The number of hydrogen-bond acceptors (Lipinski definition) is 3. The highest BCUT2D eigenvalue weighted by Crippen LogP contribution is 2.65. The Bertz CT molecular complexity index is 808. The standard InChI is InChI=1S/C26H38N2O2/c1-25-15-13-22(29)23(27)20(25)9-8-17-18-10-11-21(26(18,2)14-12-19(17)25)24(30)28-16-6-4-3-5-7-16/h8-9,16-19,21H,3-7,10-15,27H2,1-2H3,(H,28,30)/t17-,18-,19-,21+,25+,26-/m0/s1. The van der Waals surface area contributed by atoms with Crippen molar-refractivity contribution >= 4 is 11.7 Å². The summed E-state index contributed by atoms with van der Waals surface area (Å²) in [5.41, 5.74) is 7.95. The minimum absolute atomic E-state index is 0.0151. The van der Waals surface area contributed by atoms with Crippen LogP contribution in [0.4, 0.5) is 0 Å². The van der Waals surface area contributed by atoms with Gasteiger partial charge < -0.3 is 11.1 Å². The number of carbonyl (C=O) groups is 2. The highest BCUT2D eigenvalue weighted by atomic mass is 16.2. The molecule has 0 heterocycles. The van der Waals surface area contributed by atoms with Crippen LogP contribution in [0, 0.1) is 34.5 Å². The molecule has 3 N–H and O–H groups in total. The summed E-state index contributed by atoms with van der Waals surface area (Å²) in [5.74, 6) is 2.21. The first-order valence-electron chi connectivity index (χ1n) is 12.4. The molecule has 4 nitrogen and oxygen atoms in total. The van der Waals surface area contributed by atoms with E-state index in [1.165, 1.54) is 19.3 Å². The average Bonchev–Trinajstić information content (AvgIpc) is 3.09. The zero-order chi connectivity index (χ0) is 21.1. The van der Waals surface area contributed by atoms with Crippen LogP contribution in [0.1, 0.15) is 84.5 Å². The molecule has 0 unspecified atom stereocenters. The molecule has 5 aliphatic rings. The van der Waals surface area contributed by atoms with E-state index in [1.54, 1.807) is 0 Å². The van der Waals surface area contributed by atoms with Crippen LogP contribution in [0.5, 0.6) is 0 Å². The second-order valence-electron chi connectivity index (χ2n) is 11.3. The number of nitrogens with one attached hydrogen (secondary N) is 1. The van der Waals surface area contributed by atoms with Crippen LogP contribution in [0.15, 0.2) is 23.4 Å². The third-order valence-electron chi connectivity index (χ3n) is 9.98. The Hall–Kier alpha value is -1.58. The summed E-state index contributed by atoms with van der Waals surface area (Å²) in [5, 5.41) is 3.44. The van der Waals surface area contributed by atoms with Crippen LogP contribution in [-0.2, 0) is 9.59 Å². The third kappa shape index (κ3) is 2.92. The van der Waals surface area contributed by atoms with Crippen LogP contribution >= 0.6 is 0 Å². The lowest BCUT2D eigenvalue weighted by atomic mass is 9.48. The summed E-state index contributed by atoms with van der Waals surface area (Å²) < 4.78 is 0. The first-order chi connectivity index (χ1) is 14.3. The number of amides is 1. The lowest BCUT2D eigenvalue weighted by Gasteiger charge is -2.56. The smallest absolute Gasteiger partial charge is 0.223 e. The van der Waals surface area contributed by atoms with Crippen molar-refractivity contribution in [1.82, 2.24) is 5.32 Å². The zero-order valence-corrected chi connectivity index (χ0v) is 18.7. The Morgan fingerprint density at radius 1 is 1.03 bits per heavy atom. The van der Waals surface area contributed by atoms with Gasteiger partial charge >= 0.3 is 0 Å². The van der Waals surface area contributed by atoms with Crippen molar-refractivity contribution in [3.8, 4) is 0 Å². The molecule has 0 aromatic carbocycles. The zero-order valence-electron chi connectivity index (χ0n) is 18.7. The molecule has 0 bridgehead atoms. The third-order valence-corrected chi connectivity index (χ3v) is 9.98. The highest BCUT2D eigenvalue weighted by molar-refractivity contribution is 5.97. The molecule has 0 aliphatic heterocycles. The summed E-state index contributed by atoms with van der Waals surface area (Å²) in [6, 6.07) is 0.397. The molecular formula is C26H38N2O2. The van der Waals surface area contributed by atoms with E-state index in [1.807, 2.05) is 0 Å². The van der Waals surface area contributed by atoms with Gasteiger partial charge in [-0.3, -0.25) is 9.59 Å². The molecule has 5 rings (SSSR count). The lowest BCUT2D eigenvalue weighted by molar-refractivity contribution is -0.132. The van der Waals surface area contributed by atoms with Crippen molar-refractivity contribution in [2.45, 2.75) is 90.5 Å². The Morgan fingerprint density at radius 3 is 2.57 bits per heavy atom. The van der Waals surface area contributed by atoms with Crippen molar-refractivity contribution in [2.75, 3.05) is 0 Å². The number of Topliss-reactive ketones (excluding diaryl/α,β-unsaturated/α-hetero) is 1. The molecule has 0 aromatic heterocycles. The molecule has 164 valence electrons. The van der Waals surface area contributed by atoms with Gasteiger partial charge in [-0.05, 0) is 79.1 Å². The highest BCUT2D eigenvalue weighted by Gasteiger charge is 2.59. The molecule has 1 amide bonds. The van der Waals surface area contributed by atoms with Crippen LogP contribution in [0.2, 0.25) is 0 Å². The van der Waals surface area contributed by atoms with E-state index >= 15 is 0 Å². The lowest BCUT2D eigenvalue weighted by Crippen LogP contribution is -2.52. The molecule has 0 saturated heterocycles. The summed E-state index contributed by atoms with van der Waals surface area (Å²) in [6.07, 6.45) is 16.6. The average molecular weight is 411 g/mol. The quantitative estimate of drug-likeness (QED) is 0.696. The maximum absolute atomic E-state index is 13.3. The molecule has 0 aromatic rings. The summed E-state index contributed by atoms with van der Waals surface area (Å²) in [4.78, 5) is 25.5. The van der Waals surface area contributed by atoms with Gasteiger partial charge in [0.25, 0.3) is 0 Å². The van der Waals surface area contributed by atoms with Gasteiger partial charge in [-0.1, -0.05) is 45.3 Å². The van der Waals surface area contributed by atoms with Crippen LogP contribution in [0.3, 0.4) is 0 Å². The van der Waals surface area contributed by atoms with E-state index in [0.29, 0.717) is 41.8 Å². The van der Waals surface area contributed by atoms with Crippen LogP contribution in [-0.4, -0.2) is 17.7 Å². The molecule has 5 aliphatic carbocycles. The van der Waals surface area contributed by atoms with Gasteiger partial charge in [0, 0.05) is 18.4 Å². The summed E-state index contributed by atoms with van der Waals surface area (Å²) >= 11 is 0. The molecule has 30 heavy (non-hydrogen) atoms. The number of hydrogen-bond donors (Lipinski definition) is 2. The molecular weight excluding hydrogens is 372 g/mol. The fourth-order valence-electron chi connectivity index (χ4n) is 8.16. The molecule has 4 heteroatoms. The fourth-order valence-corrected chi connectivity index (χ4v) is 8.16. The minimum atomic E-state index is 0.0151. The van der Waals surface area contributed by atoms with Crippen molar-refractivity contribution in [3.63, 3.8) is 0 Å². The normalized spacial score (nSPS) is 43.7. The van der Waals surface area contributed by atoms with Gasteiger partial charge in [-0.2, -0.15) is 0 Å². The predicted octanol–water partition coefficient (Wildman–Crippen LogP) is 4.65. The van der Waals surface area contributed by atoms with Crippen LogP contribution < -0.4 is 11.1 Å². The molecule has 3 saturated carbocycles. The minimum Gasteiger partial charge on any atom is -0.396 e. The number of allylic oxidation sites excluding steroid dienone is 4. The molecule has 0 spiro atoms. The van der Waals surface area contributed by atoms with E-state index in [2.05, 4.69) is 31.3 Å². The van der Waals surface area contributed by atoms with E-state index in [9.17, 15) is 9.59 Å². The molecule has 0 radical (unpaired) electrons. The second kappa shape index (κ2) is 7.24. The number of carbonyl (C=O) groups excluding carboxylic acids is 2. The van der Waals surface area contributed by atoms with Gasteiger partial charge in [0.15, 0.2) is 5.78 Å². The first-order valence-corrected chi connectivity index (χ1v) is 12.4. The monoisotopic (exact) mass is 410 g/mol. The summed E-state index contributed by atoms with van der Waals surface area (Å²) in [6.45, 7) is 4.74. The maximum atomic E-state index is 13.3. The predicted molar refractivity (Wildman–Crippen MR) is 118 cm³/mol. The van der Waals surface area contributed by atoms with E-state index in [0.717, 1.165) is 50.5 Å². The Labute approximate surface area is 181 Å². The Balaban J connectivity index is 1.39. The Kier molecular flexibility index (Phi) is 4.91. The Morgan fingerprint density at radius 2 is 1.80 bits per heavy atom. The van der Waals surface area contributed by atoms with Crippen molar-refractivity contribution in [1.29, 1.82) is 0 Å². The van der Waals surface area contributed by atoms with Gasteiger partial charge in [0.1, 0.15) is 0 Å². The molecule has 3 fully saturated rings.